The fourth-order valence-corrected chi connectivity index (χ4v) is 3.87. The van der Waals surface area contributed by atoms with Crippen molar-refractivity contribution in [2.75, 3.05) is 29.7 Å². The van der Waals surface area contributed by atoms with E-state index in [4.69, 9.17) is 0 Å². The maximum atomic E-state index is 13.2. The van der Waals surface area contributed by atoms with Gasteiger partial charge in [0.15, 0.2) is 0 Å². The molecule has 0 aliphatic rings. The van der Waals surface area contributed by atoms with E-state index >= 15 is 0 Å². The van der Waals surface area contributed by atoms with Crippen LogP contribution in [-0.2, 0) is 0 Å². The van der Waals surface area contributed by atoms with Gasteiger partial charge in [0.1, 0.15) is 16.5 Å². The quantitative estimate of drug-likeness (QED) is 0.274. The number of carbonyl (C=O) groups is 1. The van der Waals surface area contributed by atoms with Crippen LogP contribution in [0.2, 0.25) is 0 Å². The average molecular weight is 460 g/mol. The molecule has 0 radical (unpaired) electrons. The topological polar surface area (TPSA) is 69.6 Å². The Kier molecular flexibility index (Phi) is 6.75. The predicted molar refractivity (Wildman–Crippen MR) is 134 cm³/mol. The lowest BCUT2D eigenvalue weighted by molar-refractivity contribution is 0.102. The fourth-order valence-electron chi connectivity index (χ4n) is 3.04. The van der Waals surface area contributed by atoms with Crippen molar-refractivity contribution in [1.82, 2.24) is 4.98 Å². The third-order valence-corrected chi connectivity index (χ3v) is 5.67. The molecule has 0 saturated carbocycles. The Labute approximate surface area is 195 Å². The molecule has 1 amide bonds. The summed E-state index contributed by atoms with van der Waals surface area (Å²) in [6.45, 7) is 0. The van der Waals surface area contributed by atoms with Crippen molar-refractivity contribution in [3.8, 4) is 11.3 Å². The number of hydrogen-bond donors (Lipinski definition) is 2. The predicted octanol–water partition coefficient (Wildman–Crippen LogP) is 5.71. The average Bonchev–Trinajstić information content (AvgIpc) is 3.22. The Balaban J connectivity index is 1.54. The van der Waals surface area contributed by atoms with Gasteiger partial charge in [-0.2, -0.15) is 5.10 Å². The van der Waals surface area contributed by atoms with Gasteiger partial charge in [0, 0.05) is 30.9 Å². The summed E-state index contributed by atoms with van der Waals surface area (Å²) in [7, 11) is 3.98. The lowest BCUT2D eigenvalue weighted by Crippen LogP contribution is -2.11. The third kappa shape index (κ3) is 5.61. The minimum absolute atomic E-state index is 0.341. The van der Waals surface area contributed by atoms with E-state index < -0.39 is 5.82 Å². The highest BCUT2D eigenvalue weighted by Gasteiger charge is 2.16. The summed E-state index contributed by atoms with van der Waals surface area (Å²) in [5, 5.41) is 8.28. The standard InChI is InChI=1S/C25H22FN5OS/c1-31(2)21-14-8-17(9-15-21)16-27-30-25-28-22(18-6-4-3-5-7-18)24(33-25)29-23(32)19-10-12-20(26)13-11-19/h3-16H,1-2H3,(H,28,30)(H,29,32)/b27-16-. The van der Waals surface area contributed by atoms with E-state index in [1.54, 1.807) is 6.21 Å². The van der Waals surface area contributed by atoms with Crippen LogP contribution in [0.25, 0.3) is 11.3 Å². The number of halogens is 1. The summed E-state index contributed by atoms with van der Waals surface area (Å²) in [6.07, 6.45) is 1.71. The van der Waals surface area contributed by atoms with Gasteiger partial charge in [0.25, 0.3) is 5.91 Å². The van der Waals surface area contributed by atoms with Crippen LogP contribution < -0.4 is 15.6 Å². The zero-order valence-electron chi connectivity index (χ0n) is 18.1. The van der Waals surface area contributed by atoms with Crippen molar-refractivity contribution in [2.45, 2.75) is 0 Å². The van der Waals surface area contributed by atoms with Crippen LogP contribution in [-0.4, -0.2) is 31.2 Å². The van der Waals surface area contributed by atoms with Crippen LogP contribution in [0.4, 0.5) is 20.2 Å². The molecule has 4 rings (SSSR count). The second-order valence-electron chi connectivity index (χ2n) is 7.38. The summed E-state index contributed by atoms with van der Waals surface area (Å²) < 4.78 is 13.2. The van der Waals surface area contributed by atoms with Gasteiger partial charge in [-0.3, -0.25) is 10.2 Å². The minimum Gasteiger partial charge on any atom is -0.378 e. The van der Waals surface area contributed by atoms with Crippen LogP contribution in [0.15, 0.2) is 84.0 Å². The van der Waals surface area contributed by atoms with Crippen molar-refractivity contribution in [1.29, 1.82) is 0 Å². The Morgan fingerprint density at radius 2 is 1.70 bits per heavy atom. The molecule has 0 unspecified atom stereocenters. The van der Waals surface area contributed by atoms with Crippen molar-refractivity contribution < 1.29 is 9.18 Å². The van der Waals surface area contributed by atoms with Crippen molar-refractivity contribution in [3.63, 3.8) is 0 Å². The lowest BCUT2D eigenvalue weighted by Gasteiger charge is -2.11. The van der Waals surface area contributed by atoms with E-state index in [0.717, 1.165) is 16.8 Å². The van der Waals surface area contributed by atoms with E-state index in [1.807, 2.05) is 73.6 Å². The summed E-state index contributed by atoms with van der Waals surface area (Å²) in [6, 6.07) is 22.9. The first-order valence-corrected chi connectivity index (χ1v) is 11.0. The molecular formula is C25H22FN5OS. The Hall–Kier alpha value is -4.04. The zero-order valence-corrected chi connectivity index (χ0v) is 18.9. The number of nitrogens with one attached hydrogen (secondary N) is 2. The zero-order chi connectivity index (χ0) is 23.2. The van der Waals surface area contributed by atoms with Gasteiger partial charge in [-0.1, -0.05) is 53.8 Å². The van der Waals surface area contributed by atoms with Crippen LogP contribution in [0, 0.1) is 5.82 Å². The van der Waals surface area contributed by atoms with E-state index in [0.29, 0.717) is 21.4 Å². The highest BCUT2D eigenvalue weighted by atomic mass is 32.1. The van der Waals surface area contributed by atoms with Crippen molar-refractivity contribution in [3.05, 3.63) is 95.8 Å². The molecule has 0 atom stereocenters. The maximum absolute atomic E-state index is 13.2. The summed E-state index contributed by atoms with van der Waals surface area (Å²) in [5.41, 5.74) is 6.84. The number of carbonyl (C=O) groups excluding carboxylic acids is 1. The van der Waals surface area contributed by atoms with Gasteiger partial charge in [-0.25, -0.2) is 9.37 Å². The minimum atomic E-state index is -0.394. The number of rotatable bonds is 7. The first kappa shape index (κ1) is 22.2. The normalized spacial score (nSPS) is 10.9. The monoisotopic (exact) mass is 459 g/mol. The molecular weight excluding hydrogens is 437 g/mol. The molecule has 0 bridgehead atoms. The molecule has 0 saturated heterocycles. The largest absolute Gasteiger partial charge is 0.378 e. The summed E-state index contributed by atoms with van der Waals surface area (Å²) in [4.78, 5) is 19.3. The van der Waals surface area contributed by atoms with Crippen LogP contribution in [0.3, 0.4) is 0 Å². The molecule has 1 aromatic heterocycles. The molecule has 3 aromatic carbocycles. The van der Waals surface area contributed by atoms with Crippen molar-refractivity contribution >= 4 is 39.3 Å². The van der Waals surface area contributed by atoms with Crippen molar-refractivity contribution in [2.24, 2.45) is 5.10 Å². The summed E-state index contributed by atoms with van der Waals surface area (Å²) in [5.74, 6) is -0.734. The molecule has 1 heterocycles. The number of nitrogens with zero attached hydrogens (tertiary/aromatic N) is 3. The molecule has 33 heavy (non-hydrogen) atoms. The van der Waals surface area contributed by atoms with Crippen LogP contribution in [0.1, 0.15) is 15.9 Å². The highest BCUT2D eigenvalue weighted by molar-refractivity contribution is 7.20. The Morgan fingerprint density at radius 1 is 1.00 bits per heavy atom. The highest BCUT2D eigenvalue weighted by Crippen LogP contribution is 2.36. The molecule has 0 spiro atoms. The molecule has 2 N–H and O–H groups in total. The van der Waals surface area contributed by atoms with Gasteiger partial charge in [0.2, 0.25) is 5.13 Å². The number of amides is 1. The van der Waals surface area contributed by atoms with Gasteiger partial charge < -0.3 is 10.2 Å². The van der Waals surface area contributed by atoms with Gasteiger partial charge in [-0.05, 0) is 42.0 Å². The van der Waals surface area contributed by atoms with E-state index in [1.165, 1.54) is 35.6 Å². The van der Waals surface area contributed by atoms with E-state index in [9.17, 15) is 9.18 Å². The number of benzene rings is 3. The molecule has 166 valence electrons. The number of aromatic nitrogens is 1. The Morgan fingerprint density at radius 3 is 2.36 bits per heavy atom. The molecule has 0 aliphatic heterocycles. The summed E-state index contributed by atoms with van der Waals surface area (Å²) >= 11 is 1.27. The first-order chi connectivity index (χ1) is 16.0. The molecule has 4 aromatic rings. The Bertz CT molecular complexity index is 1250. The molecule has 0 fully saturated rings. The smallest absolute Gasteiger partial charge is 0.256 e. The maximum Gasteiger partial charge on any atom is 0.256 e. The second kappa shape index (κ2) is 10.1. The fraction of sp³-hybridized carbons (Fsp3) is 0.0800. The third-order valence-electron chi connectivity index (χ3n) is 4.79. The van der Waals surface area contributed by atoms with Gasteiger partial charge in [0.05, 0.1) is 6.21 Å². The van der Waals surface area contributed by atoms with Gasteiger partial charge >= 0.3 is 0 Å². The SMILES string of the molecule is CN(C)c1ccc(/C=N\Nc2nc(-c3ccccc3)c(NC(=O)c3ccc(F)cc3)s2)cc1. The van der Waals surface area contributed by atoms with E-state index in [2.05, 4.69) is 20.8 Å². The van der Waals surface area contributed by atoms with E-state index in [-0.39, 0.29) is 5.91 Å². The molecule has 0 aliphatic carbocycles. The first-order valence-electron chi connectivity index (χ1n) is 10.2. The number of thiazole rings is 1. The number of anilines is 3. The van der Waals surface area contributed by atoms with Crippen LogP contribution in [0.5, 0.6) is 0 Å². The molecule has 6 nitrogen and oxygen atoms in total. The molecule has 8 heteroatoms. The second-order valence-corrected chi connectivity index (χ2v) is 8.38. The lowest BCUT2D eigenvalue weighted by atomic mass is 10.1. The number of hydrazone groups is 1. The van der Waals surface area contributed by atoms with Gasteiger partial charge in [-0.15, -0.1) is 0 Å². The van der Waals surface area contributed by atoms with Crippen LogP contribution >= 0.6 is 11.3 Å². The number of hydrogen-bond acceptors (Lipinski definition) is 6.